The summed E-state index contributed by atoms with van der Waals surface area (Å²) in [7, 11) is 1.57. The molecule has 0 unspecified atom stereocenters. The number of methoxy groups -OCH3 is 1. The van der Waals surface area contributed by atoms with Crippen molar-refractivity contribution in [1.82, 2.24) is 25.5 Å². The fraction of sp³-hybridized carbons (Fsp3) is 0.321. The van der Waals surface area contributed by atoms with E-state index in [1.807, 2.05) is 58.9 Å². The van der Waals surface area contributed by atoms with Gasteiger partial charge in [0.2, 0.25) is 11.7 Å². The lowest BCUT2D eigenvalue weighted by atomic mass is 9.99. The Morgan fingerprint density at radius 2 is 1.76 bits per heavy atom. The summed E-state index contributed by atoms with van der Waals surface area (Å²) in [6, 6.07) is 17.1. The molecule has 10 nitrogen and oxygen atoms in total. The summed E-state index contributed by atoms with van der Waals surface area (Å²) >= 11 is 0. The predicted octanol–water partition coefficient (Wildman–Crippen LogP) is 4.25. The molecule has 0 aliphatic rings. The minimum Gasteiger partial charge on any atom is -0.497 e. The Morgan fingerprint density at radius 3 is 2.37 bits per heavy atom. The third-order valence-electron chi connectivity index (χ3n) is 5.77. The van der Waals surface area contributed by atoms with E-state index in [0.717, 1.165) is 5.56 Å². The second kappa shape index (κ2) is 10.9. The minimum atomic E-state index is -0.968. The maximum absolute atomic E-state index is 14.0. The van der Waals surface area contributed by atoms with E-state index in [9.17, 15) is 9.59 Å². The molecule has 198 valence electrons. The van der Waals surface area contributed by atoms with Crippen LogP contribution in [-0.4, -0.2) is 44.7 Å². The van der Waals surface area contributed by atoms with E-state index >= 15 is 0 Å². The number of tetrazole rings is 1. The number of carbonyl (C=O) groups excluding carboxylic acids is 2. The molecule has 0 saturated carbocycles. The fourth-order valence-electron chi connectivity index (χ4n) is 4.05. The molecule has 0 saturated heterocycles. The van der Waals surface area contributed by atoms with Gasteiger partial charge in [-0.15, -0.1) is 10.2 Å². The van der Waals surface area contributed by atoms with Crippen LogP contribution in [0.25, 0.3) is 11.6 Å². The van der Waals surface area contributed by atoms with Gasteiger partial charge < -0.3 is 14.5 Å². The first kappa shape index (κ1) is 26.6. The molecule has 4 aromatic rings. The highest BCUT2D eigenvalue weighted by atomic mass is 16.5. The zero-order valence-electron chi connectivity index (χ0n) is 22.4. The van der Waals surface area contributed by atoms with Gasteiger partial charge in [0, 0.05) is 11.2 Å². The van der Waals surface area contributed by atoms with Crippen molar-refractivity contribution in [3.05, 3.63) is 77.6 Å². The topological polar surface area (TPSA) is 115 Å². The van der Waals surface area contributed by atoms with E-state index in [4.69, 9.17) is 9.15 Å². The third kappa shape index (κ3) is 6.08. The molecule has 0 aliphatic heterocycles. The second-order valence-electron chi connectivity index (χ2n) is 10.0. The molecule has 4 rings (SSSR count). The predicted molar refractivity (Wildman–Crippen MR) is 143 cm³/mol. The monoisotopic (exact) mass is 516 g/mol. The lowest BCUT2D eigenvalue weighted by Gasteiger charge is -2.34. The van der Waals surface area contributed by atoms with Crippen LogP contribution < -0.4 is 15.0 Å². The Labute approximate surface area is 221 Å². The van der Waals surface area contributed by atoms with Crippen molar-refractivity contribution in [3.8, 4) is 17.3 Å². The van der Waals surface area contributed by atoms with Gasteiger partial charge in [-0.1, -0.05) is 30.3 Å². The first-order valence-electron chi connectivity index (χ1n) is 12.2. The van der Waals surface area contributed by atoms with Crippen LogP contribution in [0.5, 0.6) is 5.75 Å². The molecule has 1 N–H and O–H groups in total. The number of aromatic nitrogens is 4. The van der Waals surface area contributed by atoms with E-state index in [0.29, 0.717) is 28.5 Å². The normalized spacial score (nSPS) is 12.2. The maximum Gasteiger partial charge on any atom is 0.251 e. The largest absolute Gasteiger partial charge is 0.497 e. The van der Waals surface area contributed by atoms with E-state index < -0.39 is 11.6 Å². The fourth-order valence-corrected chi connectivity index (χ4v) is 4.05. The van der Waals surface area contributed by atoms with Crippen molar-refractivity contribution in [2.24, 2.45) is 0 Å². The number of furan rings is 1. The number of amides is 2. The highest BCUT2D eigenvalue weighted by Gasteiger charge is 2.35. The molecule has 10 heteroatoms. The van der Waals surface area contributed by atoms with Gasteiger partial charge in [0.1, 0.15) is 24.1 Å². The SMILES string of the molecule is COc1ccc([C@@H](C(=O)NC(C)(C)C)N(C(=O)Cn2nnc(-c3ccc(C)o3)n2)c2ccccc2C)cc1. The molecule has 2 aromatic heterocycles. The zero-order valence-corrected chi connectivity index (χ0v) is 22.4. The quantitative estimate of drug-likeness (QED) is 0.372. The second-order valence-corrected chi connectivity index (χ2v) is 10.0. The highest BCUT2D eigenvalue weighted by molar-refractivity contribution is 6.01. The van der Waals surface area contributed by atoms with Gasteiger partial charge in [-0.25, -0.2) is 0 Å². The number of para-hydroxylation sites is 1. The molecule has 0 spiro atoms. The van der Waals surface area contributed by atoms with Crippen molar-refractivity contribution in [2.45, 2.75) is 52.7 Å². The molecule has 0 radical (unpaired) electrons. The smallest absolute Gasteiger partial charge is 0.251 e. The van der Waals surface area contributed by atoms with Gasteiger partial charge in [0.25, 0.3) is 5.91 Å². The van der Waals surface area contributed by atoms with E-state index in [2.05, 4.69) is 20.7 Å². The van der Waals surface area contributed by atoms with Gasteiger partial charge in [-0.3, -0.25) is 14.5 Å². The molecule has 38 heavy (non-hydrogen) atoms. The number of benzene rings is 2. The lowest BCUT2D eigenvalue weighted by molar-refractivity contribution is -0.128. The number of ether oxygens (including phenoxy) is 1. The molecule has 0 bridgehead atoms. The summed E-state index contributed by atoms with van der Waals surface area (Å²) in [5.74, 6) is 1.37. The molecule has 2 aromatic carbocycles. The number of rotatable bonds is 8. The summed E-state index contributed by atoms with van der Waals surface area (Å²) in [5, 5.41) is 15.4. The molecular formula is C28H32N6O4. The van der Waals surface area contributed by atoms with Crippen molar-refractivity contribution < 1.29 is 18.7 Å². The highest BCUT2D eigenvalue weighted by Crippen LogP contribution is 2.32. The van der Waals surface area contributed by atoms with Gasteiger partial charge in [-0.2, -0.15) is 4.80 Å². The van der Waals surface area contributed by atoms with Crippen LogP contribution in [0.15, 0.2) is 65.1 Å². The molecule has 0 aliphatic carbocycles. The summed E-state index contributed by atoms with van der Waals surface area (Å²) in [6.45, 7) is 9.16. The zero-order chi connectivity index (χ0) is 27.4. The van der Waals surface area contributed by atoms with Crippen LogP contribution in [-0.2, 0) is 16.1 Å². The number of hydrogen-bond acceptors (Lipinski definition) is 7. The average Bonchev–Trinajstić information content (AvgIpc) is 3.51. The van der Waals surface area contributed by atoms with Crippen LogP contribution in [0.1, 0.15) is 43.7 Å². The number of carbonyl (C=O) groups is 2. The lowest BCUT2D eigenvalue weighted by Crippen LogP contribution is -2.50. The standard InChI is InChI=1S/C28H32N6O4/c1-18-9-7-8-10-22(18)34(24(35)17-33-31-26(30-32-33)23-16-11-19(2)38-23)25(27(36)29-28(3,4)5)20-12-14-21(37-6)15-13-20/h7-16,25H,17H2,1-6H3,(H,29,36)/t25-/m0/s1. The van der Waals surface area contributed by atoms with Crippen molar-refractivity contribution >= 4 is 17.5 Å². The van der Waals surface area contributed by atoms with Gasteiger partial charge in [0.05, 0.1) is 7.11 Å². The average molecular weight is 517 g/mol. The Morgan fingerprint density at radius 1 is 1.05 bits per heavy atom. The first-order chi connectivity index (χ1) is 18.1. The Hall–Kier alpha value is -4.47. The van der Waals surface area contributed by atoms with Crippen LogP contribution in [0.2, 0.25) is 0 Å². The summed E-state index contributed by atoms with van der Waals surface area (Å²) in [4.78, 5) is 30.5. The van der Waals surface area contributed by atoms with Gasteiger partial charge in [-0.05, 0) is 81.3 Å². The number of hydrogen-bond donors (Lipinski definition) is 1. The van der Waals surface area contributed by atoms with Crippen LogP contribution >= 0.6 is 0 Å². The molecule has 2 amide bonds. The van der Waals surface area contributed by atoms with E-state index in [1.54, 1.807) is 43.5 Å². The molecule has 1 atom stereocenters. The third-order valence-corrected chi connectivity index (χ3v) is 5.77. The van der Waals surface area contributed by atoms with Crippen LogP contribution in [0.4, 0.5) is 5.69 Å². The van der Waals surface area contributed by atoms with Gasteiger partial charge >= 0.3 is 0 Å². The number of nitrogens with zero attached hydrogens (tertiary/aromatic N) is 5. The van der Waals surface area contributed by atoms with Crippen molar-refractivity contribution in [1.29, 1.82) is 0 Å². The summed E-state index contributed by atoms with van der Waals surface area (Å²) in [5.41, 5.74) is 1.54. The van der Waals surface area contributed by atoms with Crippen molar-refractivity contribution in [3.63, 3.8) is 0 Å². The van der Waals surface area contributed by atoms with Crippen molar-refractivity contribution in [2.75, 3.05) is 12.0 Å². The summed E-state index contributed by atoms with van der Waals surface area (Å²) < 4.78 is 10.9. The van der Waals surface area contributed by atoms with Crippen LogP contribution in [0.3, 0.4) is 0 Å². The molecule has 0 fully saturated rings. The number of nitrogens with one attached hydrogen (secondary N) is 1. The van der Waals surface area contributed by atoms with E-state index in [1.165, 1.54) is 9.70 Å². The van der Waals surface area contributed by atoms with Gasteiger partial charge in [0.15, 0.2) is 5.76 Å². The number of aryl methyl sites for hydroxylation is 2. The maximum atomic E-state index is 14.0. The number of anilines is 1. The first-order valence-corrected chi connectivity index (χ1v) is 12.2. The Bertz CT molecular complexity index is 1420. The van der Waals surface area contributed by atoms with Crippen LogP contribution in [0, 0.1) is 13.8 Å². The Balaban J connectivity index is 1.76. The van der Waals surface area contributed by atoms with E-state index in [-0.39, 0.29) is 24.2 Å². The molecule has 2 heterocycles. The minimum absolute atomic E-state index is 0.240. The summed E-state index contributed by atoms with van der Waals surface area (Å²) in [6.07, 6.45) is 0. The molecular weight excluding hydrogens is 484 g/mol. The Kier molecular flexibility index (Phi) is 7.61.